The van der Waals surface area contributed by atoms with Crippen molar-refractivity contribution in [3.05, 3.63) is 40.5 Å². The van der Waals surface area contributed by atoms with Crippen molar-refractivity contribution in [1.29, 1.82) is 0 Å². The van der Waals surface area contributed by atoms with E-state index in [-0.39, 0.29) is 6.42 Å². The quantitative estimate of drug-likeness (QED) is 0.270. The molecule has 1 heterocycles. The number of likely N-dealkylation sites (tertiary alicyclic amines) is 1. The van der Waals surface area contributed by atoms with Crippen molar-refractivity contribution in [3.63, 3.8) is 0 Å². The van der Waals surface area contributed by atoms with Gasteiger partial charge in [0.05, 0.1) is 12.0 Å². The predicted octanol–water partition coefficient (Wildman–Crippen LogP) is -2.28. The first kappa shape index (κ1) is 19.1. The molecule has 0 N–H and O–H groups in total. The van der Waals surface area contributed by atoms with Crippen LogP contribution in [-0.4, -0.2) is 61.0 Å². The molecule has 0 amide bonds. The standard InChI is InChI=1S/C9H13N5O10/c1-2-6(7(15)16)10-4-8(11(17)18,12(19)20)3-9(5-10,13(21)22)14(23)24/h6H,2-5H2,1H3,(H,15,16)/p-1. The lowest BCUT2D eigenvalue weighted by Gasteiger charge is -2.38. The SMILES string of the molecule is CCC(C(=O)[O-])N1CC([N+](=O)[O-])([N+](=O)[O-])CC([N+](=O)[O-])([N+](=O)[O-])C1. The Hall–Kier alpha value is -2.97. The molecule has 0 aromatic rings. The van der Waals surface area contributed by atoms with Gasteiger partial charge in [-0.15, -0.1) is 0 Å². The van der Waals surface area contributed by atoms with Crippen molar-refractivity contribution in [2.75, 3.05) is 13.1 Å². The minimum absolute atomic E-state index is 0.278. The molecule has 0 radical (unpaired) electrons. The highest BCUT2D eigenvalue weighted by atomic mass is 16.7. The highest BCUT2D eigenvalue weighted by Crippen LogP contribution is 2.35. The molecule has 0 aliphatic carbocycles. The van der Waals surface area contributed by atoms with Gasteiger partial charge in [0.2, 0.25) is 6.42 Å². The van der Waals surface area contributed by atoms with E-state index in [0.717, 1.165) is 0 Å². The average molecular weight is 350 g/mol. The van der Waals surface area contributed by atoms with Gasteiger partial charge >= 0.3 is 11.3 Å². The molecule has 134 valence electrons. The Morgan fingerprint density at radius 2 is 1.29 bits per heavy atom. The van der Waals surface area contributed by atoms with Crippen LogP contribution in [0.25, 0.3) is 0 Å². The number of hydrogen-bond donors (Lipinski definition) is 0. The van der Waals surface area contributed by atoms with E-state index < -0.39 is 62.5 Å². The Morgan fingerprint density at radius 3 is 1.50 bits per heavy atom. The number of rotatable bonds is 7. The number of nitro groups is 4. The monoisotopic (exact) mass is 350 g/mol. The summed E-state index contributed by atoms with van der Waals surface area (Å²) in [5, 5.41) is 55.9. The number of aliphatic carboxylic acids is 1. The van der Waals surface area contributed by atoms with E-state index in [4.69, 9.17) is 0 Å². The van der Waals surface area contributed by atoms with Gasteiger partial charge < -0.3 is 9.90 Å². The van der Waals surface area contributed by atoms with Crippen LogP contribution in [0.2, 0.25) is 0 Å². The maximum Gasteiger partial charge on any atom is 0.485 e. The Bertz CT molecular complexity index is 538. The first-order valence-corrected chi connectivity index (χ1v) is 6.47. The minimum Gasteiger partial charge on any atom is -0.548 e. The molecule has 24 heavy (non-hydrogen) atoms. The van der Waals surface area contributed by atoms with E-state index in [9.17, 15) is 50.4 Å². The van der Waals surface area contributed by atoms with E-state index >= 15 is 0 Å². The number of carboxylic acid groups (broad SMARTS) is 1. The highest BCUT2D eigenvalue weighted by Gasteiger charge is 2.77. The second kappa shape index (κ2) is 6.26. The van der Waals surface area contributed by atoms with Gasteiger partial charge in [0.1, 0.15) is 32.8 Å². The third-order valence-corrected chi connectivity index (χ3v) is 3.94. The smallest absolute Gasteiger partial charge is 0.485 e. The first-order chi connectivity index (χ1) is 10.9. The molecule has 1 atom stereocenters. The molecule has 1 rings (SSSR count). The summed E-state index contributed by atoms with van der Waals surface area (Å²) in [6.45, 7) is -0.985. The van der Waals surface area contributed by atoms with E-state index in [1.807, 2.05) is 0 Å². The fourth-order valence-corrected chi connectivity index (χ4v) is 2.69. The number of carbonyl (C=O) groups is 1. The zero-order valence-electron chi connectivity index (χ0n) is 12.2. The van der Waals surface area contributed by atoms with Crippen LogP contribution in [0.3, 0.4) is 0 Å². The number of piperidine rings is 1. The number of carbonyl (C=O) groups excluding carboxylic acids is 1. The molecule has 1 fully saturated rings. The van der Waals surface area contributed by atoms with Crippen LogP contribution < -0.4 is 5.11 Å². The van der Waals surface area contributed by atoms with Gasteiger partial charge in [-0.2, -0.15) is 0 Å². The largest absolute Gasteiger partial charge is 0.548 e. The predicted molar refractivity (Wildman–Crippen MR) is 68.7 cm³/mol. The molecule has 0 aromatic heterocycles. The number of hydrogen-bond acceptors (Lipinski definition) is 11. The van der Waals surface area contributed by atoms with Crippen LogP contribution in [-0.2, 0) is 4.79 Å². The molecule has 0 saturated carbocycles. The van der Waals surface area contributed by atoms with Gasteiger partial charge in [-0.1, -0.05) is 6.92 Å². The fraction of sp³-hybridized carbons (Fsp3) is 0.889. The number of carboxylic acids is 1. The average Bonchev–Trinajstić information content (AvgIpc) is 2.46. The van der Waals surface area contributed by atoms with Crippen LogP contribution in [0.15, 0.2) is 0 Å². The van der Waals surface area contributed by atoms with Gasteiger partial charge in [0, 0.05) is 0 Å². The first-order valence-electron chi connectivity index (χ1n) is 6.47. The van der Waals surface area contributed by atoms with E-state index in [1.54, 1.807) is 0 Å². The molecular weight excluding hydrogens is 338 g/mol. The van der Waals surface area contributed by atoms with Gasteiger partial charge in [0.25, 0.3) is 0 Å². The summed E-state index contributed by atoms with van der Waals surface area (Å²) >= 11 is 0. The molecule has 1 unspecified atom stereocenters. The lowest BCUT2D eigenvalue weighted by Crippen LogP contribution is -2.72. The summed E-state index contributed by atoms with van der Waals surface area (Å²) in [7, 11) is 0. The topological polar surface area (TPSA) is 216 Å². The molecule has 1 saturated heterocycles. The third kappa shape index (κ3) is 2.80. The maximum absolute atomic E-state index is 11.2. The van der Waals surface area contributed by atoms with Crippen molar-refractivity contribution >= 4 is 5.97 Å². The van der Waals surface area contributed by atoms with Gasteiger partial charge in [-0.3, -0.25) is 45.4 Å². The van der Waals surface area contributed by atoms with E-state index in [1.165, 1.54) is 6.92 Å². The summed E-state index contributed by atoms with van der Waals surface area (Å²) in [5.41, 5.74) is -6.58. The van der Waals surface area contributed by atoms with E-state index in [0.29, 0.717) is 4.90 Å². The van der Waals surface area contributed by atoms with Crippen molar-refractivity contribution in [2.24, 2.45) is 0 Å². The lowest BCUT2D eigenvalue weighted by atomic mass is 9.88. The zero-order chi connectivity index (χ0) is 18.9. The fourth-order valence-electron chi connectivity index (χ4n) is 2.69. The van der Waals surface area contributed by atoms with Gasteiger partial charge in [0.15, 0.2) is 0 Å². The summed E-state index contributed by atoms with van der Waals surface area (Å²) in [5.74, 6) is -1.81. The van der Waals surface area contributed by atoms with Crippen molar-refractivity contribution in [2.45, 2.75) is 37.1 Å². The minimum atomic E-state index is -3.29. The molecule has 0 bridgehead atoms. The van der Waals surface area contributed by atoms with Crippen molar-refractivity contribution in [3.8, 4) is 0 Å². The Labute approximate surface area is 132 Å². The van der Waals surface area contributed by atoms with Crippen LogP contribution in [0, 0.1) is 40.5 Å². The van der Waals surface area contributed by atoms with Crippen molar-refractivity contribution in [1.82, 2.24) is 4.90 Å². The summed E-state index contributed by atoms with van der Waals surface area (Å²) < 4.78 is 0. The molecule has 0 spiro atoms. The summed E-state index contributed by atoms with van der Waals surface area (Å²) in [6.07, 6.45) is -1.89. The molecular formula is C9H12N5O10-. The second-order valence-corrected chi connectivity index (χ2v) is 5.32. The second-order valence-electron chi connectivity index (χ2n) is 5.32. The van der Waals surface area contributed by atoms with E-state index in [2.05, 4.69) is 0 Å². The highest BCUT2D eigenvalue weighted by molar-refractivity contribution is 5.71. The summed E-state index contributed by atoms with van der Waals surface area (Å²) in [6, 6.07) is -1.69. The molecule has 15 heteroatoms. The Kier molecular flexibility index (Phi) is 4.98. The van der Waals surface area contributed by atoms with Crippen LogP contribution in [0.4, 0.5) is 0 Å². The van der Waals surface area contributed by atoms with Crippen molar-refractivity contribution < 1.29 is 29.6 Å². The van der Waals surface area contributed by atoms with Crippen LogP contribution >= 0.6 is 0 Å². The number of nitrogens with zero attached hydrogens (tertiary/aromatic N) is 5. The van der Waals surface area contributed by atoms with Crippen LogP contribution in [0.5, 0.6) is 0 Å². The normalized spacial score (nSPS) is 20.7. The maximum atomic E-state index is 11.2. The Morgan fingerprint density at radius 1 is 0.958 bits per heavy atom. The molecule has 0 aromatic carbocycles. The lowest BCUT2D eigenvalue weighted by molar-refractivity contribution is -0.854. The zero-order valence-corrected chi connectivity index (χ0v) is 12.2. The third-order valence-electron chi connectivity index (χ3n) is 3.94. The van der Waals surface area contributed by atoms with Crippen LogP contribution in [0.1, 0.15) is 19.8 Å². The van der Waals surface area contributed by atoms with Gasteiger partial charge in [-0.05, 0) is 6.42 Å². The van der Waals surface area contributed by atoms with Gasteiger partial charge in [-0.25, -0.2) is 0 Å². The Balaban J connectivity index is 3.59. The molecule has 15 nitrogen and oxygen atoms in total. The molecule has 1 aliphatic rings. The molecule has 1 aliphatic heterocycles. The summed E-state index contributed by atoms with van der Waals surface area (Å²) in [4.78, 5) is 50.5.